The highest BCUT2D eigenvalue weighted by molar-refractivity contribution is 6.30. The second-order valence-electron chi connectivity index (χ2n) is 8.48. The van der Waals surface area contributed by atoms with Crippen LogP contribution in [-0.4, -0.2) is 19.1 Å². The molecule has 0 aliphatic rings. The van der Waals surface area contributed by atoms with Crippen LogP contribution in [-0.2, 0) is 19.6 Å². The van der Waals surface area contributed by atoms with Crippen molar-refractivity contribution in [3.63, 3.8) is 0 Å². The maximum Gasteiger partial charge on any atom is 0.252 e. The van der Waals surface area contributed by atoms with E-state index in [9.17, 15) is 4.79 Å². The number of terminal acetylenes is 1. The van der Waals surface area contributed by atoms with Gasteiger partial charge in [0.05, 0.1) is 18.2 Å². The molecule has 172 valence electrons. The van der Waals surface area contributed by atoms with Gasteiger partial charge in [0.2, 0.25) is 0 Å². The molecule has 0 saturated carbocycles. The van der Waals surface area contributed by atoms with Crippen LogP contribution in [0.1, 0.15) is 22.4 Å². The summed E-state index contributed by atoms with van der Waals surface area (Å²) < 4.78 is 3.41. The molecule has 1 atom stereocenters. The number of halogens is 1. The summed E-state index contributed by atoms with van der Waals surface area (Å²) in [5.74, 6) is 2.66. The molecular formula is C28H22ClN5O. The number of imidazole rings is 1. The van der Waals surface area contributed by atoms with Crippen molar-refractivity contribution in [1.29, 1.82) is 0 Å². The molecule has 2 N–H and O–H groups in total. The average Bonchev–Trinajstić information content (AvgIpc) is 3.32. The number of fused-ring (bicyclic) bond motifs is 1. The van der Waals surface area contributed by atoms with Gasteiger partial charge in [-0.25, -0.2) is 9.97 Å². The summed E-state index contributed by atoms with van der Waals surface area (Å²) in [7, 11) is 3.60. The maximum atomic E-state index is 12.8. The van der Waals surface area contributed by atoms with Crippen LogP contribution in [0.15, 0.2) is 84.2 Å². The summed E-state index contributed by atoms with van der Waals surface area (Å²) >= 11 is 6.17. The first-order valence-corrected chi connectivity index (χ1v) is 11.3. The number of nitrogens with two attached hydrogens (primary N) is 1. The van der Waals surface area contributed by atoms with E-state index in [0.29, 0.717) is 10.7 Å². The predicted molar refractivity (Wildman–Crippen MR) is 139 cm³/mol. The smallest absolute Gasteiger partial charge is 0.252 e. The quantitative estimate of drug-likeness (QED) is 0.391. The Labute approximate surface area is 207 Å². The summed E-state index contributed by atoms with van der Waals surface area (Å²) in [6.45, 7) is 0. The Hall–Kier alpha value is -4.18. The third-order valence-electron chi connectivity index (χ3n) is 6.39. The topological polar surface area (TPSA) is 78.7 Å². The molecule has 2 aromatic carbocycles. The highest BCUT2D eigenvalue weighted by atomic mass is 35.5. The van der Waals surface area contributed by atoms with E-state index in [1.807, 2.05) is 66.2 Å². The maximum absolute atomic E-state index is 12.8. The van der Waals surface area contributed by atoms with Crippen molar-refractivity contribution in [3.05, 3.63) is 117 Å². The summed E-state index contributed by atoms with van der Waals surface area (Å²) in [4.78, 5) is 21.8. The van der Waals surface area contributed by atoms with Gasteiger partial charge in [0.1, 0.15) is 11.2 Å². The van der Waals surface area contributed by atoms with Crippen LogP contribution in [0.2, 0.25) is 5.02 Å². The van der Waals surface area contributed by atoms with E-state index in [-0.39, 0.29) is 5.56 Å². The minimum atomic E-state index is -1.08. The SMILES string of the molecule is C#Cc1cccc(-c2cc(=O)n(C)c3ncc([C@](N)(c4ccc(Cl)cc4)c4cncn4C)cc23)c1. The second kappa shape index (κ2) is 8.55. The standard InChI is InChI=1S/C28H22ClN5O/c1-4-18-6-5-7-19(12-18)23-14-26(35)34(3)27-24(23)13-21(15-32-27)28(30,25-16-31-17-33(25)2)20-8-10-22(29)11-9-20/h1,5-17H,30H2,2-3H3/t28-/m1/s1. The Morgan fingerprint density at radius 2 is 1.80 bits per heavy atom. The Bertz CT molecular complexity index is 1680. The first-order valence-electron chi connectivity index (χ1n) is 10.9. The highest BCUT2D eigenvalue weighted by Gasteiger charge is 2.35. The van der Waals surface area contributed by atoms with Gasteiger partial charge in [-0.15, -0.1) is 6.42 Å². The predicted octanol–water partition coefficient (Wildman–Crippen LogP) is 4.22. The molecule has 0 aliphatic heterocycles. The van der Waals surface area contributed by atoms with Crippen molar-refractivity contribution in [3.8, 4) is 23.5 Å². The van der Waals surface area contributed by atoms with E-state index < -0.39 is 5.54 Å². The average molecular weight is 480 g/mol. The van der Waals surface area contributed by atoms with Crippen LogP contribution < -0.4 is 11.3 Å². The van der Waals surface area contributed by atoms with Gasteiger partial charge in [0, 0.05) is 47.9 Å². The van der Waals surface area contributed by atoms with Crippen molar-refractivity contribution in [2.45, 2.75) is 5.54 Å². The van der Waals surface area contributed by atoms with E-state index in [2.05, 4.69) is 10.9 Å². The lowest BCUT2D eigenvalue weighted by Crippen LogP contribution is -2.41. The van der Waals surface area contributed by atoms with E-state index in [4.69, 9.17) is 28.7 Å². The molecule has 0 amide bonds. The van der Waals surface area contributed by atoms with Gasteiger partial charge in [-0.3, -0.25) is 9.36 Å². The minimum Gasteiger partial charge on any atom is -0.336 e. The molecular weight excluding hydrogens is 458 g/mol. The molecule has 3 heterocycles. The first-order chi connectivity index (χ1) is 16.8. The molecule has 0 saturated heterocycles. The lowest BCUT2D eigenvalue weighted by atomic mass is 9.81. The van der Waals surface area contributed by atoms with Gasteiger partial charge >= 0.3 is 0 Å². The molecule has 0 fully saturated rings. The Morgan fingerprint density at radius 1 is 1.03 bits per heavy atom. The van der Waals surface area contributed by atoms with Crippen LogP contribution in [0.5, 0.6) is 0 Å². The van der Waals surface area contributed by atoms with Crippen molar-refractivity contribution >= 4 is 22.6 Å². The Morgan fingerprint density at radius 3 is 2.49 bits per heavy atom. The van der Waals surface area contributed by atoms with Crippen LogP contribution >= 0.6 is 11.6 Å². The van der Waals surface area contributed by atoms with Crippen LogP contribution in [0.25, 0.3) is 22.2 Å². The number of aromatic nitrogens is 4. The molecule has 7 heteroatoms. The fourth-order valence-electron chi connectivity index (χ4n) is 4.47. The minimum absolute atomic E-state index is 0.165. The summed E-state index contributed by atoms with van der Waals surface area (Å²) in [6.07, 6.45) is 10.8. The monoisotopic (exact) mass is 479 g/mol. The fourth-order valence-corrected chi connectivity index (χ4v) is 4.59. The molecule has 35 heavy (non-hydrogen) atoms. The van der Waals surface area contributed by atoms with Gasteiger partial charge < -0.3 is 10.3 Å². The molecule has 0 radical (unpaired) electrons. The lowest BCUT2D eigenvalue weighted by Gasteiger charge is -2.31. The first kappa shape index (κ1) is 22.6. The molecule has 0 bridgehead atoms. The zero-order valence-electron chi connectivity index (χ0n) is 19.2. The van der Waals surface area contributed by atoms with Gasteiger partial charge in [-0.2, -0.15) is 0 Å². The number of nitrogens with zero attached hydrogens (tertiary/aromatic N) is 4. The van der Waals surface area contributed by atoms with Crippen LogP contribution in [0, 0.1) is 12.3 Å². The van der Waals surface area contributed by atoms with E-state index in [0.717, 1.165) is 38.9 Å². The summed E-state index contributed by atoms with van der Waals surface area (Å²) in [5, 5.41) is 1.40. The summed E-state index contributed by atoms with van der Waals surface area (Å²) in [6, 6.07) is 18.6. The molecule has 0 spiro atoms. The fraction of sp³-hybridized carbons (Fsp3) is 0.107. The number of rotatable bonds is 4. The second-order valence-corrected chi connectivity index (χ2v) is 8.92. The van der Waals surface area contributed by atoms with E-state index >= 15 is 0 Å². The number of pyridine rings is 2. The molecule has 5 rings (SSSR count). The highest BCUT2D eigenvalue weighted by Crippen LogP contribution is 2.37. The number of aryl methyl sites for hydroxylation is 2. The number of hydrogen-bond donors (Lipinski definition) is 1. The summed E-state index contributed by atoms with van der Waals surface area (Å²) in [5.41, 5.74) is 11.2. The van der Waals surface area contributed by atoms with Gasteiger partial charge in [0.25, 0.3) is 5.56 Å². The molecule has 5 aromatic rings. The van der Waals surface area contributed by atoms with Crippen molar-refractivity contribution in [2.24, 2.45) is 19.8 Å². The van der Waals surface area contributed by atoms with Crippen molar-refractivity contribution in [2.75, 3.05) is 0 Å². The van der Waals surface area contributed by atoms with Gasteiger partial charge in [0.15, 0.2) is 0 Å². The Balaban J connectivity index is 1.84. The molecule has 0 unspecified atom stereocenters. The largest absolute Gasteiger partial charge is 0.336 e. The van der Waals surface area contributed by atoms with Crippen molar-refractivity contribution in [1.82, 2.24) is 19.1 Å². The number of benzene rings is 2. The van der Waals surface area contributed by atoms with Crippen molar-refractivity contribution < 1.29 is 0 Å². The van der Waals surface area contributed by atoms with E-state index in [1.165, 1.54) is 4.57 Å². The molecule has 6 nitrogen and oxygen atoms in total. The Kier molecular flexibility index (Phi) is 5.52. The van der Waals surface area contributed by atoms with Gasteiger partial charge in [-0.05, 0) is 47.0 Å². The molecule has 0 aliphatic carbocycles. The number of hydrogen-bond acceptors (Lipinski definition) is 4. The van der Waals surface area contributed by atoms with Gasteiger partial charge in [-0.1, -0.05) is 41.8 Å². The zero-order chi connectivity index (χ0) is 24.7. The van der Waals surface area contributed by atoms with Crippen LogP contribution in [0.3, 0.4) is 0 Å². The van der Waals surface area contributed by atoms with E-state index in [1.54, 1.807) is 31.8 Å². The third kappa shape index (κ3) is 3.71. The molecule has 3 aromatic heterocycles. The zero-order valence-corrected chi connectivity index (χ0v) is 20.0. The lowest BCUT2D eigenvalue weighted by molar-refractivity contribution is 0.594. The third-order valence-corrected chi connectivity index (χ3v) is 6.64. The normalized spacial score (nSPS) is 12.9. The van der Waals surface area contributed by atoms with Crippen LogP contribution in [0.4, 0.5) is 0 Å².